The zero-order valence-electron chi connectivity index (χ0n) is 8.27. The van der Waals surface area contributed by atoms with Crippen LogP contribution in [0.25, 0.3) is 0 Å². The average molecular weight is 213 g/mol. The number of rotatable bonds is 1. The first-order valence-corrected chi connectivity index (χ1v) is 6.31. The number of nitrogen functional groups attached to an aromatic ring is 1. The number of anilines is 1. The molecule has 0 saturated carbocycles. The van der Waals surface area contributed by atoms with Gasteiger partial charge in [0.1, 0.15) is 0 Å². The predicted octanol–water partition coefficient (Wildman–Crippen LogP) is 0.857. The highest BCUT2D eigenvalue weighted by molar-refractivity contribution is 7.85. The molecule has 0 radical (unpaired) electrons. The molecule has 0 atom stereocenters. The molecule has 0 aromatic carbocycles. The van der Waals surface area contributed by atoms with Crippen molar-refractivity contribution in [1.82, 2.24) is 9.55 Å². The van der Waals surface area contributed by atoms with Crippen molar-refractivity contribution in [2.24, 2.45) is 0 Å². The van der Waals surface area contributed by atoms with E-state index in [4.69, 9.17) is 5.73 Å². The fraction of sp³-hybridized carbons (Fsp3) is 0.667. The summed E-state index contributed by atoms with van der Waals surface area (Å²) < 4.78 is 13.2. The van der Waals surface area contributed by atoms with Gasteiger partial charge in [0.15, 0.2) is 0 Å². The van der Waals surface area contributed by atoms with Crippen LogP contribution in [0.5, 0.6) is 0 Å². The maximum Gasteiger partial charge on any atom is 0.200 e. The zero-order chi connectivity index (χ0) is 10.1. The van der Waals surface area contributed by atoms with Gasteiger partial charge in [0.05, 0.1) is 5.69 Å². The number of nitrogens with zero attached hydrogens (tertiary/aromatic N) is 2. The van der Waals surface area contributed by atoms with E-state index in [2.05, 4.69) is 4.98 Å². The normalized spacial score (nSPS) is 27.8. The summed E-state index contributed by atoms with van der Waals surface area (Å²) in [4.78, 5) is 4.17. The molecule has 1 aliphatic rings. The van der Waals surface area contributed by atoms with Gasteiger partial charge in [-0.05, 0) is 19.8 Å². The molecule has 0 unspecified atom stereocenters. The molecule has 0 bridgehead atoms. The number of nitrogens with two attached hydrogens (primary N) is 1. The molecule has 1 fully saturated rings. The molecule has 2 rings (SSSR count). The molecule has 14 heavy (non-hydrogen) atoms. The van der Waals surface area contributed by atoms with Crippen molar-refractivity contribution in [3.63, 3.8) is 0 Å². The lowest BCUT2D eigenvalue weighted by Crippen LogP contribution is -2.22. The quantitative estimate of drug-likeness (QED) is 0.752. The molecule has 5 heteroatoms. The van der Waals surface area contributed by atoms with Crippen LogP contribution in [0.4, 0.5) is 5.95 Å². The lowest BCUT2D eigenvalue weighted by atomic mass is 10.1. The van der Waals surface area contributed by atoms with Gasteiger partial charge in [0, 0.05) is 34.5 Å². The highest BCUT2D eigenvalue weighted by atomic mass is 32.2. The molecule has 0 amide bonds. The second kappa shape index (κ2) is 3.73. The Hall–Kier alpha value is -0.840. The monoisotopic (exact) mass is 213 g/mol. The molecular formula is C9H15N3OS. The van der Waals surface area contributed by atoms with Crippen molar-refractivity contribution in [2.75, 3.05) is 17.2 Å². The first-order valence-electron chi connectivity index (χ1n) is 4.83. The predicted molar refractivity (Wildman–Crippen MR) is 57.5 cm³/mol. The molecule has 4 nitrogen and oxygen atoms in total. The van der Waals surface area contributed by atoms with Gasteiger partial charge in [0.2, 0.25) is 5.95 Å². The summed E-state index contributed by atoms with van der Waals surface area (Å²) in [6, 6.07) is 0.397. The number of hydrogen-bond donors (Lipinski definition) is 1. The van der Waals surface area contributed by atoms with Gasteiger partial charge in [-0.3, -0.25) is 4.21 Å². The van der Waals surface area contributed by atoms with Gasteiger partial charge in [-0.1, -0.05) is 0 Å². The van der Waals surface area contributed by atoms with E-state index in [1.54, 1.807) is 0 Å². The molecule has 2 N–H and O–H groups in total. The van der Waals surface area contributed by atoms with Crippen LogP contribution in [-0.2, 0) is 10.8 Å². The van der Waals surface area contributed by atoms with Gasteiger partial charge in [-0.15, -0.1) is 0 Å². The highest BCUT2D eigenvalue weighted by Gasteiger charge is 2.20. The minimum absolute atomic E-state index is 0.397. The van der Waals surface area contributed by atoms with Crippen LogP contribution in [0.2, 0.25) is 0 Å². The van der Waals surface area contributed by atoms with Gasteiger partial charge in [0.25, 0.3) is 0 Å². The lowest BCUT2D eigenvalue weighted by molar-refractivity contribution is 0.467. The van der Waals surface area contributed by atoms with E-state index in [9.17, 15) is 4.21 Å². The van der Waals surface area contributed by atoms with Crippen molar-refractivity contribution in [3.05, 3.63) is 11.9 Å². The Morgan fingerprint density at radius 1 is 1.57 bits per heavy atom. The maximum atomic E-state index is 11.2. The molecule has 1 saturated heterocycles. The SMILES string of the molecule is Cc1cn(C2CCS(=O)CC2)c(N)n1. The first kappa shape index (κ1) is 9.71. The second-order valence-corrected chi connectivity index (χ2v) is 5.42. The minimum Gasteiger partial charge on any atom is -0.369 e. The van der Waals surface area contributed by atoms with Crippen LogP contribution < -0.4 is 5.73 Å². The average Bonchev–Trinajstić information content (AvgIpc) is 2.47. The van der Waals surface area contributed by atoms with Crippen LogP contribution in [0.1, 0.15) is 24.6 Å². The second-order valence-electron chi connectivity index (χ2n) is 3.73. The van der Waals surface area contributed by atoms with Crippen LogP contribution in [0.15, 0.2) is 6.20 Å². The summed E-state index contributed by atoms with van der Waals surface area (Å²) in [5.41, 5.74) is 6.74. The molecule has 2 heterocycles. The van der Waals surface area contributed by atoms with E-state index >= 15 is 0 Å². The molecule has 0 spiro atoms. The highest BCUT2D eigenvalue weighted by Crippen LogP contribution is 2.24. The van der Waals surface area contributed by atoms with Crippen molar-refractivity contribution >= 4 is 16.7 Å². The summed E-state index contributed by atoms with van der Waals surface area (Å²) in [6.45, 7) is 1.94. The zero-order valence-corrected chi connectivity index (χ0v) is 9.09. The van der Waals surface area contributed by atoms with Crippen LogP contribution in [0, 0.1) is 6.92 Å². The summed E-state index contributed by atoms with van der Waals surface area (Å²) in [6.07, 6.45) is 3.88. The molecule has 78 valence electrons. The smallest absolute Gasteiger partial charge is 0.200 e. The molecule has 0 aliphatic carbocycles. The van der Waals surface area contributed by atoms with Crippen molar-refractivity contribution in [3.8, 4) is 0 Å². The van der Waals surface area contributed by atoms with E-state index in [0.29, 0.717) is 12.0 Å². The van der Waals surface area contributed by atoms with Crippen LogP contribution in [0.3, 0.4) is 0 Å². The van der Waals surface area contributed by atoms with Gasteiger partial charge < -0.3 is 10.3 Å². The summed E-state index contributed by atoms with van der Waals surface area (Å²) in [7, 11) is -0.609. The first-order chi connectivity index (χ1) is 6.66. The lowest BCUT2D eigenvalue weighted by Gasteiger charge is -2.23. The third kappa shape index (κ3) is 1.82. The largest absolute Gasteiger partial charge is 0.369 e. The van der Waals surface area contributed by atoms with E-state index < -0.39 is 10.8 Å². The molecular weight excluding hydrogens is 198 g/mol. The van der Waals surface area contributed by atoms with Gasteiger partial charge >= 0.3 is 0 Å². The number of aryl methyl sites for hydroxylation is 1. The van der Waals surface area contributed by atoms with Crippen molar-refractivity contribution < 1.29 is 4.21 Å². The van der Waals surface area contributed by atoms with E-state index in [-0.39, 0.29) is 0 Å². The third-order valence-electron chi connectivity index (χ3n) is 2.63. The van der Waals surface area contributed by atoms with E-state index in [1.807, 2.05) is 17.7 Å². The third-order valence-corrected chi connectivity index (χ3v) is 4.01. The molecule has 1 aromatic heterocycles. The van der Waals surface area contributed by atoms with E-state index in [1.165, 1.54) is 0 Å². The Morgan fingerprint density at radius 2 is 2.21 bits per heavy atom. The fourth-order valence-electron chi connectivity index (χ4n) is 1.89. The fourth-order valence-corrected chi connectivity index (χ4v) is 3.16. The van der Waals surface area contributed by atoms with Crippen molar-refractivity contribution in [2.45, 2.75) is 25.8 Å². The minimum atomic E-state index is -0.609. The molecule has 1 aliphatic heterocycles. The Balaban J connectivity index is 2.15. The Bertz CT molecular complexity index is 351. The Kier molecular flexibility index (Phi) is 2.58. The Labute approximate surface area is 86.0 Å². The van der Waals surface area contributed by atoms with Crippen molar-refractivity contribution in [1.29, 1.82) is 0 Å². The van der Waals surface area contributed by atoms with E-state index in [0.717, 1.165) is 30.0 Å². The van der Waals surface area contributed by atoms with Gasteiger partial charge in [-0.25, -0.2) is 4.98 Å². The topological polar surface area (TPSA) is 60.9 Å². The Morgan fingerprint density at radius 3 is 2.71 bits per heavy atom. The van der Waals surface area contributed by atoms with Gasteiger partial charge in [-0.2, -0.15) is 0 Å². The van der Waals surface area contributed by atoms with Crippen LogP contribution >= 0.6 is 0 Å². The summed E-state index contributed by atoms with van der Waals surface area (Å²) >= 11 is 0. The van der Waals surface area contributed by atoms with Crippen LogP contribution in [-0.4, -0.2) is 25.3 Å². The number of imidazole rings is 1. The molecule has 1 aromatic rings. The maximum absolute atomic E-state index is 11.2. The summed E-state index contributed by atoms with van der Waals surface area (Å²) in [5.74, 6) is 2.17. The number of hydrogen-bond acceptors (Lipinski definition) is 3. The number of aromatic nitrogens is 2. The standard InChI is InChI=1S/C9H15N3OS/c1-7-6-12(9(10)11-7)8-2-4-14(13)5-3-8/h6,8H,2-5H2,1H3,(H2,10,11). The summed E-state index contributed by atoms with van der Waals surface area (Å²) in [5, 5.41) is 0.